The molecular weight excluding hydrogens is 356 g/mol. The van der Waals surface area contributed by atoms with Crippen LogP contribution in [0.25, 0.3) is 0 Å². The fourth-order valence-electron chi connectivity index (χ4n) is 2.84. The van der Waals surface area contributed by atoms with Crippen molar-refractivity contribution < 1.29 is 9.59 Å². The molecule has 4 nitrogen and oxygen atoms in total. The molecule has 0 saturated carbocycles. The second-order valence-corrected chi connectivity index (χ2v) is 7.35. The first-order chi connectivity index (χ1) is 13.0. The molecule has 2 atom stereocenters. The molecule has 0 aliphatic carbocycles. The Kier molecular flexibility index (Phi) is 6.16. The number of thiophene rings is 1. The van der Waals surface area contributed by atoms with Gasteiger partial charge in [-0.2, -0.15) is 0 Å². The summed E-state index contributed by atoms with van der Waals surface area (Å²) in [5.41, 5.74) is 2.31. The number of hydrogen-bond acceptors (Lipinski definition) is 4. The number of nitrogens with one attached hydrogen (secondary N) is 2. The number of hydrogen-bond donors (Lipinski definition) is 2. The van der Waals surface area contributed by atoms with Crippen LogP contribution in [-0.4, -0.2) is 17.7 Å². The number of carbonyl (C=O) groups excluding carboxylic acids is 2. The van der Waals surface area contributed by atoms with Crippen LogP contribution in [0.4, 0.5) is 5.69 Å². The Morgan fingerprint density at radius 2 is 1.74 bits per heavy atom. The lowest BCUT2D eigenvalue weighted by atomic mass is 10.0. The zero-order valence-electron chi connectivity index (χ0n) is 15.3. The third kappa shape index (κ3) is 4.90. The van der Waals surface area contributed by atoms with Gasteiger partial charge in [0.25, 0.3) is 0 Å². The minimum Gasteiger partial charge on any atom is -0.325 e. The van der Waals surface area contributed by atoms with E-state index in [9.17, 15) is 9.59 Å². The maximum absolute atomic E-state index is 12.7. The summed E-state index contributed by atoms with van der Waals surface area (Å²) in [7, 11) is 0. The van der Waals surface area contributed by atoms with Gasteiger partial charge in [0.2, 0.25) is 5.91 Å². The highest BCUT2D eigenvalue weighted by Crippen LogP contribution is 2.26. The minimum absolute atomic E-state index is 0.0286. The predicted molar refractivity (Wildman–Crippen MR) is 110 cm³/mol. The lowest BCUT2D eigenvalue weighted by molar-refractivity contribution is -0.117. The highest BCUT2D eigenvalue weighted by Gasteiger charge is 2.21. The molecule has 5 heteroatoms. The van der Waals surface area contributed by atoms with E-state index in [0.717, 1.165) is 10.4 Å². The van der Waals surface area contributed by atoms with Crippen molar-refractivity contribution in [2.45, 2.75) is 25.9 Å². The van der Waals surface area contributed by atoms with Gasteiger partial charge in [0.05, 0.1) is 12.1 Å². The molecule has 2 aromatic carbocycles. The van der Waals surface area contributed by atoms with E-state index in [1.54, 1.807) is 35.6 Å². The first kappa shape index (κ1) is 19.0. The molecule has 0 bridgehead atoms. The van der Waals surface area contributed by atoms with Gasteiger partial charge in [-0.05, 0) is 43.0 Å². The number of benzene rings is 2. The Morgan fingerprint density at radius 3 is 2.41 bits per heavy atom. The summed E-state index contributed by atoms with van der Waals surface area (Å²) in [4.78, 5) is 25.4. The summed E-state index contributed by atoms with van der Waals surface area (Å²) in [6.45, 7) is 3.35. The van der Waals surface area contributed by atoms with E-state index in [1.165, 1.54) is 6.92 Å². The molecule has 1 amide bonds. The van der Waals surface area contributed by atoms with Gasteiger partial charge >= 0.3 is 0 Å². The predicted octanol–water partition coefficient (Wildman–Crippen LogP) is 4.66. The maximum Gasteiger partial charge on any atom is 0.241 e. The van der Waals surface area contributed by atoms with Crippen LogP contribution in [0, 0.1) is 0 Å². The maximum atomic E-state index is 12.7. The standard InChI is InChI=1S/C22H22N2O2S/c1-15(22(26)24-19-11-6-10-18(14-19)16(2)25)23-21(20-12-7-13-27-20)17-8-4-3-5-9-17/h3-15,21,23H,1-2H3,(H,24,26)/t15-,21-/m0/s1. The molecule has 2 N–H and O–H groups in total. The van der Waals surface area contributed by atoms with E-state index >= 15 is 0 Å². The number of Topliss-reactive ketones (excluding diaryl/α,β-unsaturated/α-hetero) is 1. The van der Waals surface area contributed by atoms with Crippen molar-refractivity contribution in [1.29, 1.82) is 0 Å². The quantitative estimate of drug-likeness (QED) is 0.588. The van der Waals surface area contributed by atoms with E-state index in [-0.39, 0.29) is 17.7 Å². The van der Waals surface area contributed by atoms with Crippen LogP contribution in [0.15, 0.2) is 72.1 Å². The van der Waals surface area contributed by atoms with Gasteiger partial charge in [0, 0.05) is 16.1 Å². The van der Waals surface area contributed by atoms with Gasteiger partial charge in [0.15, 0.2) is 5.78 Å². The van der Waals surface area contributed by atoms with Crippen LogP contribution < -0.4 is 10.6 Å². The number of rotatable bonds is 7. The van der Waals surface area contributed by atoms with Crippen LogP contribution in [-0.2, 0) is 4.79 Å². The first-order valence-corrected chi connectivity index (χ1v) is 9.69. The highest BCUT2D eigenvalue weighted by atomic mass is 32.1. The Hall–Kier alpha value is -2.76. The Morgan fingerprint density at radius 1 is 0.963 bits per heavy atom. The third-order valence-corrected chi connectivity index (χ3v) is 5.24. The molecule has 27 heavy (non-hydrogen) atoms. The van der Waals surface area contributed by atoms with Crippen molar-refractivity contribution in [3.05, 3.63) is 88.1 Å². The fourth-order valence-corrected chi connectivity index (χ4v) is 3.65. The Labute approximate surface area is 163 Å². The molecule has 3 rings (SSSR count). The van der Waals surface area contributed by atoms with Crippen LogP contribution in [0.3, 0.4) is 0 Å². The van der Waals surface area contributed by atoms with E-state index in [0.29, 0.717) is 11.3 Å². The van der Waals surface area contributed by atoms with Crippen LogP contribution in [0.5, 0.6) is 0 Å². The summed E-state index contributed by atoms with van der Waals surface area (Å²) in [5.74, 6) is -0.174. The largest absolute Gasteiger partial charge is 0.325 e. The molecule has 0 saturated heterocycles. The number of anilines is 1. The van der Waals surface area contributed by atoms with Crippen LogP contribution >= 0.6 is 11.3 Å². The number of carbonyl (C=O) groups is 2. The number of ketones is 1. The second kappa shape index (κ2) is 8.75. The van der Waals surface area contributed by atoms with E-state index in [1.807, 2.05) is 36.6 Å². The molecular formula is C22H22N2O2S. The second-order valence-electron chi connectivity index (χ2n) is 6.37. The SMILES string of the molecule is CC(=O)c1cccc(NC(=O)[C@H](C)N[C@@H](c2ccccc2)c2cccs2)c1. The van der Waals surface area contributed by atoms with Gasteiger partial charge in [-0.3, -0.25) is 14.9 Å². The highest BCUT2D eigenvalue weighted by molar-refractivity contribution is 7.10. The minimum atomic E-state index is -0.418. The van der Waals surface area contributed by atoms with E-state index in [2.05, 4.69) is 28.8 Å². The molecule has 0 fully saturated rings. The molecule has 0 radical (unpaired) electrons. The van der Waals surface area contributed by atoms with Crippen molar-refractivity contribution in [2.24, 2.45) is 0 Å². The summed E-state index contributed by atoms with van der Waals surface area (Å²) in [6, 6.07) is 20.7. The fraction of sp³-hybridized carbons (Fsp3) is 0.182. The Bertz CT molecular complexity index is 907. The van der Waals surface area contributed by atoms with Gasteiger partial charge in [-0.25, -0.2) is 0 Å². The lowest BCUT2D eigenvalue weighted by Gasteiger charge is -2.22. The van der Waals surface area contributed by atoms with Gasteiger partial charge in [-0.1, -0.05) is 48.5 Å². The van der Waals surface area contributed by atoms with Gasteiger partial charge in [0.1, 0.15) is 0 Å². The molecule has 0 aliphatic heterocycles. The van der Waals surface area contributed by atoms with Gasteiger partial charge in [-0.15, -0.1) is 11.3 Å². The monoisotopic (exact) mass is 378 g/mol. The smallest absolute Gasteiger partial charge is 0.241 e. The van der Waals surface area contributed by atoms with Crippen LogP contribution in [0.2, 0.25) is 0 Å². The molecule has 1 heterocycles. The molecule has 0 spiro atoms. The van der Waals surface area contributed by atoms with Crippen molar-refractivity contribution in [2.75, 3.05) is 5.32 Å². The number of amides is 1. The molecule has 1 aromatic heterocycles. The van der Waals surface area contributed by atoms with Crippen molar-refractivity contribution >= 4 is 28.7 Å². The molecule has 0 unspecified atom stereocenters. The average molecular weight is 378 g/mol. The Balaban J connectivity index is 1.74. The van der Waals surface area contributed by atoms with Crippen LogP contribution in [0.1, 0.15) is 40.7 Å². The summed E-state index contributed by atoms with van der Waals surface area (Å²) >= 11 is 1.66. The topological polar surface area (TPSA) is 58.2 Å². The zero-order valence-corrected chi connectivity index (χ0v) is 16.1. The van der Waals surface area contributed by atoms with E-state index < -0.39 is 6.04 Å². The summed E-state index contributed by atoms with van der Waals surface area (Å²) in [5, 5.41) is 8.35. The summed E-state index contributed by atoms with van der Waals surface area (Å²) in [6.07, 6.45) is 0. The van der Waals surface area contributed by atoms with Crippen molar-refractivity contribution in [3.63, 3.8) is 0 Å². The average Bonchev–Trinajstić information content (AvgIpc) is 3.21. The third-order valence-electron chi connectivity index (χ3n) is 4.31. The summed E-state index contributed by atoms with van der Waals surface area (Å²) < 4.78 is 0. The van der Waals surface area contributed by atoms with Gasteiger partial charge < -0.3 is 5.32 Å². The molecule has 3 aromatic rings. The van der Waals surface area contributed by atoms with Crippen molar-refractivity contribution in [1.82, 2.24) is 5.32 Å². The normalized spacial score (nSPS) is 13.0. The molecule has 138 valence electrons. The first-order valence-electron chi connectivity index (χ1n) is 8.81. The zero-order chi connectivity index (χ0) is 19.2. The molecule has 0 aliphatic rings. The van der Waals surface area contributed by atoms with E-state index in [4.69, 9.17) is 0 Å². The van der Waals surface area contributed by atoms with Crippen molar-refractivity contribution in [3.8, 4) is 0 Å². The lowest BCUT2D eigenvalue weighted by Crippen LogP contribution is -2.40.